The highest BCUT2D eigenvalue weighted by Crippen LogP contribution is 2.82. The zero-order valence-electron chi connectivity index (χ0n) is 25.4. The molecule has 0 amide bonds. The van der Waals surface area contributed by atoms with Crippen LogP contribution in [0.4, 0.5) is 0 Å². The van der Waals surface area contributed by atoms with Crippen LogP contribution in [0, 0.1) is 39.4 Å². The second kappa shape index (κ2) is 8.90. The largest absolute Gasteiger partial charge is 0.472 e. The summed E-state index contributed by atoms with van der Waals surface area (Å²) in [5.74, 6) is -3.98. The minimum Gasteiger partial charge on any atom is -0.472 e. The minimum absolute atomic E-state index is 0.0239. The number of rotatable bonds is 4. The lowest BCUT2D eigenvalue weighted by Gasteiger charge is -2.73. The van der Waals surface area contributed by atoms with Gasteiger partial charge in [0.25, 0.3) is 0 Å². The Hall–Kier alpha value is -2.31. The van der Waals surface area contributed by atoms with E-state index in [0.29, 0.717) is 6.42 Å². The molecule has 1 aromatic heterocycles. The van der Waals surface area contributed by atoms with E-state index in [-0.39, 0.29) is 31.5 Å². The van der Waals surface area contributed by atoms with Gasteiger partial charge in [0.2, 0.25) is 6.29 Å². The first-order valence-corrected chi connectivity index (χ1v) is 15.4. The minimum atomic E-state index is -1.46. The van der Waals surface area contributed by atoms with Crippen molar-refractivity contribution in [3.05, 3.63) is 24.2 Å². The van der Waals surface area contributed by atoms with Crippen molar-refractivity contribution in [3.8, 4) is 0 Å². The van der Waals surface area contributed by atoms with Crippen molar-refractivity contribution in [2.75, 3.05) is 6.61 Å². The zero-order valence-corrected chi connectivity index (χ0v) is 25.4. The van der Waals surface area contributed by atoms with Crippen LogP contribution in [0.3, 0.4) is 0 Å². The van der Waals surface area contributed by atoms with Gasteiger partial charge in [-0.05, 0) is 37.3 Å². The molecule has 236 valence electrons. The summed E-state index contributed by atoms with van der Waals surface area (Å²) in [4.78, 5) is 39.9. The fraction of sp³-hybridized carbons (Fsp3) is 0.781. The molecule has 6 aliphatic rings. The third-order valence-electron chi connectivity index (χ3n) is 13.0. The summed E-state index contributed by atoms with van der Waals surface area (Å²) >= 11 is 0. The maximum absolute atomic E-state index is 14.8. The molecule has 2 saturated heterocycles. The fourth-order valence-corrected chi connectivity index (χ4v) is 11.0. The number of aliphatic hydroxyl groups is 3. The number of ether oxygens (including phenoxy) is 4. The third kappa shape index (κ3) is 3.15. The number of esters is 2. The second-order valence-corrected chi connectivity index (χ2v) is 14.9. The third-order valence-corrected chi connectivity index (χ3v) is 13.0. The summed E-state index contributed by atoms with van der Waals surface area (Å²) in [7, 11) is 0. The maximum Gasteiger partial charge on any atom is 0.310 e. The Kier molecular flexibility index (Phi) is 6.09. The Balaban J connectivity index is 1.38. The molecular formula is C32H42O11. The second-order valence-electron chi connectivity index (χ2n) is 14.9. The van der Waals surface area contributed by atoms with Crippen LogP contribution in [0.1, 0.15) is 72.3 Å². The van der Waals surface area contributed by atoms with E-state index in [1.165, 1.54) is 6.92 Å². The number of hydrogen-bond acceptors (Lipinski definition) is 11. The summed E-state index contributed by atoms with van der Waals surface area (Å²) in [5.41, 5.74) is -4.95. The normalized spacial score (nSPS) is 52.9. The summed E-state index contributed by atoms with van der Waals surface area (Å²) in [5, 5.41) is 36.4. The number of epoxide rings is 1. The highest BCUT2D eigenvalue weighted by atomic mass is 16.7. The van der Waals surface area contributed by atoms with Crippen LogP contribution in [0.2, 0.25) is 0 Å². The van der Waals surface area contributed by atoms with Crippen LogP contribution in [0.25, 0.3) is 0 Å². The predicted molar refractivity (Wildman–Crippen MR) is 146 cm³/mol. The summed E-state index contributed by atoms with van der Waals surface area (Å²) in [6.07, 6.45) is -2.30. The molecule has 1 spiro atoms. The van der Waals surface area contributed by atoms with Gasteiger partial charge in [-0.2, -0.15) is 0 Å². The topological polar surface area (TPSA) is 165 Å². The molecule has 43 heavy (non-hydrogen) atoms. The molecule has 4 aliphatic carbocycles. The van der Waals surface area contributed by atoms with Crippen LogP contribution >= 0.6 is 0 Å². The standard InChI is InChI=1S/C32H42O11/c1-14(2)26(38)42-27-28(4)18-10-19(34)30(6)24(31(18,13-40-27)20(35)11-21(28)41-15(3)33)23(36)25(37)29(5)17(16-7-8-39-12-16)9-22-32(29,30)43-22/h7-8,12,14,17-22,24-25,27,34-35,37H,9-11,13H2,1-6H3/t17-,18-,19+,20-,21+,22+,24-,25-,27?,28-,29+,30+,31+,32+/m0/s1. The molecule has 0 aromatic carbocycles. The van der Waals surface area contributed by atoms with Gasteiger partial charge >= 0.3 is 11.9 Å². The van der Waals surface area contributed by atoms with Crippen LogP contribution in [-0.4, -0.2) is 82.1 Å². The number of fused-ring (bicyclic) bond motifs is 1. The van der Waals surface area contributed by atoms with Crippen molar-refractivity contribution in [3.63, 3.8) is 0 Å². The van der Waals surface area contributed by atoms with E-state index in [2.05, 4.69) is 0 Å². The predicted octanol–water partition coefficient (Wildman–Crippen LogP) is 2.10. The molecule has 1 unspecified atom stereocenters. The van der Waals surface area contributed by atoms with E-state index in [1.54, 1.807) is 33.3 Å². The molecule has 1 aromatic rings. The van der Waals surface area contributed by atoms with E-state index in [1.807, 2.05) is 19.9 Å². The van der Waals surface area contributed by atoms with Gasteiger partial charge in [-0.25, -0.2) is 0 Å². The van der Waals surface area contributed by atoms with Gasteiger partial charge < -0.3 is 38.7 Å². The molecule has 6 fully saturated rings. The van der Waals surface area contributed by atoms with Crippen LogP contribution in [0.5, 0.6) is 0 Å². The first kappa shape index (κ1) is 29.4. The highest BCUT2D eigenvalue weighted by molar-refractivity contribution is 5.91. The fourth-order valence-electron chi connectivity index (χ4n) is 11.0. The van der Waals surface area contributed by atoms with Crippen LogP contribution in [-0.2, 0) is 33.3 Å². The maximum atomic E-state index is 14.8. The van der Waals surface area contributed by atoms with E-state index >= 15 is 0 Å². The Morgan fingerprint density at radius 1 is 1.02 bits per heavy atom. The van der Waals surface area contributed by atoms with Crippen molar-refractivity contribution in [2.24, 2.45) is 39.4 Å². The van der Waals surface area contributed by atoms with E-state index in [9.17, 15) is 29.7 Å². The Bertz CT molecular complexity index is 1360. The Morgan fingerprint density at radius 3 is 2.37 bits per heavy atom. The Labute approximate surface area is 250 Å². The quantitative estimate of drug-likeness (QED) is 0.341. The van der Waals surface area contributed by atoms with Gasteiger partial charge in [0.15, 0.2) is 5.78 Å². The SMILES string of the molecule is CC(=O)O[C@@H]1C[C@H](O)[C@@]23COC(OC(=O)C(C)C)[C@@]1(C)[C@@H]2C[C@@H](O)[C@]1(C)[C@@H]3C(=O)[C@H](O)[C@@]2(C)[C@H](c3ccoc3)C[C@H]3O[C@]321. The highest BCUT2D eigenvalue weighted by Gasteiger charge is 2.92. The monoisotopic (exact) mass is 602 g/mol. The number of Topliss-reactive ketones (excluding diaryl/α,β-unsaturated/α-hetero) is 1. The molecule has 7 rings (SSSR count). The van der Waals surface area contributed by atoms with E-state index < -0.39 is 93.4 Å². The van der Waals surface area contributed by atoms with Gasteiger partial charge in [-0.1, -0.05) is 27.7 Å². The van der Waals surface area contributed by atoms with Crippen molar-refractivity contribution < 1.29 is 53.1 Å². The smallest absolute Gasteiger partial charge is 0.310 e. The lowest BCUT2D eigenvalue weighted by Crippen LogP contribution is -2.82. The number of aliphatic hydroxyl groups excluding tert-OH is 3. The molecule has 2 aliphatic heterocycles. The zero-order chi connectivity index (χ0) is 31.1. The number of ketones is 1. The molecule has 0 radical (unpaired) electrons. The van der Waals surface area contributed by atoms with Crippen molar-refractivity contribution in [1.29, 1.82) is 0 Å². The van der Waals surface area contributed by atoms with Gasteiger partial charge in [0, 0.05) is 41.4 Å². The molecule has 3 N–H and O–H groups in total. The number of hydrogen-bond donors (Lipinski definition) is 3. The summed E-state index contributed by atoms with van der Waals surface area (Å²) in [6, 6.07) is 1.84. The molecule has 11 heteroatoms. The van der Waals surface area contributed by atoms with Gasteiger partial charge in [0.1, 0.15) is 17.8 Å². The summed E-state index contributed by atoms with van der Waals surface area (Å²) < 4.78 is 29.8. The molecule has 3 heterocycles. The van der Waals surface area contributed by atoms with E-state index in [4.69, 9.17) is 23.4 Å². The van der Waals surface area contributed by atoms with E-state index in [0.717, 1.165) is 5.56 Å². The van der Waals surface area contributed by atoms with Gasteiger partial charge in [-0.3, -0.25) is 14.4 Å². The molecular weight excluding hydrogens is 560 g/mol. The van der Waals surface area contributed by atoms with Crippen molar-refractivity contribution in [2.45, 2.75) is 109 Å². The first-order valence-electron chi connectivity index (χ1n) is 15.4. The molecule has 11 nitrogen and oxygen atoms in total. The number of carbonyl (C=O) groups excluding carboxylic acids is 3. The van der Waals surface area contributed by atoms with Crippen molar-refractivity contribution in [1.82, 2.24) is 0 Å². The molecule has 4 saturated carbocycles. The average Bonchev–Trinajstić information content (AvgIpc) is 3.30. The number of carbonyl (C=O) groups is 3. The van der Waals surface area contributed by atoms with Gasteiger partial charge in [-0.15, -0.1) is 0 Å². The van der Waals surface area contributed by atoms with Crippen LogP contribution in [0.15, 0.2) is 23.0 Å². The number of furan rings is 1. The van der Waals surface area contributed by atoms with Crippen LogP contribution < -0.4 is 0 Å². The van der Waals surface area contributed by atoms with Crippen molar-refractivity contribution >= 4 is 17.7 Å². The average molecular weight is 603 g/mol. The Morgan fingerprint density at radius 2 is 1.74 bits per heavy atom. The lowest BCUT2D eigenvalue weighted by molar-refractivity contribution is -0.374. The lowest BCUT2D eigenvalue weighted by atomic mass is 9.33. The summed E-state index contributed by atoms with van der Waals surface area (Å²) in [6.45, 7) is 10.0. The van der Waals surface area contributed by atoms with Gasteiger partial charge in [0.05, 0.1) is 48.8 Å². The molecule has 2 bridgehead atoms. The molecule has 14 atom stereocenters. The first-order chi connectivity index (χ1) is 20.1.